The second-order valence-electron chi connectivity index (χ2n) is 8.17. The standard InChI is InChI=1S/C22H26N4O4S/c27-22(20-15-17-5-1-2-6-19(17)23-20)25-13-11-24(12-14-25)16-18-7-8-21(30-18)31(28,29)26-9-3-4-10-26/h1-2,5-8,15,23H,3-4,9-14,16H2. The molecule has 1 N–H and O–H groups in total. The lowest BCUT2D eigenvalue weighted by atomic mass is 10.2. The summed E-state index contributed by atoms with van der Waals surface area (Å²) in [4.78, 5) is 20.1. The molecule has 0 saturated carbocycles. The van der Waals surface area contributed by atoms with Crippen LogP contribution in [0.3, 0.4) is 0 Å². The van der Waals surface area contributed by atoms with Crippen LogP contribution in [0.15, 0.2) is 52.0 Å². The number of hydrogen-bond acceptors (Lipinski definition) is 5. The van der Waals surface area contributed by atoms with Crippen LogP contribution in [0.1, 0.15) is 29.1 Å². The number of piperazine rings is 1. The van der Waals surface area contributed by atoms with Gasteiger partial charge in [-0.25, -0.2) is 8.42 Å². The van der Waals surface area contributed by atoms with E-state index in [0.717, 1.165) is 23.7 Å². The van der Waals surface area contributed by atoms with Gasteiger partial charge in [-0.05, 0) is 37.1 Å². The fraction of sp³-hybridized carbons (Fsp3) is 0.409. The van der Waals surface area contributed by atoms with E-state index in [2.05, 4.69) is 9.88 Å². The number of aromatic nitrogens is 1. The number of nitrogens with one attached hydrogen (secondary N) is 1. The molecule has 2 aliphatic rings. The van der Waals surface area contributed by atoms with Crippen molar-refractivity contribution in [3.8, 4) is 0 Å². The van der Waals surface area contributed by atoms with Crippen molar-refractivity contribution in [2.24, 2.45) is 0 Å². The minimum Gasteiger partial charge on any atom is -0.447 e. The molecule has 0 bridgehead atoms. The number of nitrogens with zero attached hydrogens (tertiary/aromatic N) is 3. The van der Waals surface area contributed by atoms with Gasteiger partial charge in [0.1, 0.15) is 11.5 Å². The van der Waals surface area contributed by atoms with Crippen LogP contribution in [0.2, 0.25) is 0 Å². The molecule has 2 fully saturated rings. The monoisotopic (exact) mass is 442 g/mol. The fourth-order valence-electron chi connectivity index (χ4n) is 4.33. The van der Waals surface area contributed by atoms with Crippen molar-refractivity contribution in [3.05, 3.63) is 53.9 Å². The van der Waals surface area contributed by atoms with Crippen molar-refractivity contribution < 1.29 is 17.6 Å². The first-order chi connectivity index (χ1) is 15.0. The number of rotatable bonds is 5. The first-order valence-electron chi connectivity index (χ1n) is 10.7. The molecule has 2 aliphatic heterocycles. The highest BCUT2D eigenvalue weighted by molar-refractivity contribution is 7.89. The molecule has 1 amide bonds. The number of para-hydroxylation sites is 1. The van der Waals surface area contributed by atoms with Crippen LogP contribution < -0.4 is 0 Å². The third kappa shape index (κ3) is 4.00. The molecule has 0 aliphatic carbocycles. The van der Waals surface area contributed by atoms with Gasteiger partial charge in [0.15, 0.2) is 0 Å². The van der Waals surface area contributed by atoms with Gasteiger partial charge in [-0.15, -0.1) is 0 Å². The molecule has 0 unspecified atom stereocenters. The fourth-order valence-corrected chi connectivity index (χ4v) is 5.77. The van der Waals surface area contributed by atoms with Gasteiger partial charge in [0.2, 0.25) is 5.09 Å². The van der Waals surface area contributed by atoms with E-state index in [-0.39, 0.29) is 11.0 Å². The van der Waals surface area contributed by atoms with E-state index in [1.165, 1.54) is 4.31 Å². The summed E-state index contributed by atoms with van der Waals surface area (Å²) < 4.78 is 32.4. The van der Waals surface area contributed by atoms with Gasteiger partial charge < -0.3 is 14.3 Å². The first-order valence-corrected chi connectivity index (χ1v) is 12.1. The van der Waals surface area contributed by atoms with E-state index >= 15 is 0 Å². The van der Waals surface area contributed by atoms with Gasteiger partial charge >= 0.3 is 0 Å². The maximum atomic E-state index is 12.9. The van der Waals surface area contributed by atoms with Crippen LogP contribution in [0.4, 0.5) is 0 Å². The quantitative estimate of drug-likeness (QED) is 0.656. The first kappa shape index (κ1) is 20.3. The Morgan fingerprint density at radius 1 is 0.968 bits per heavy atom. The van der Waals surface area contributed by atoms with Crippen LogP contribution in [0.25, 0.3) is 10.9 Å². The van der Waals surface area contributed by atoms with Crippen LogP contribution in [0.5, 0.6) is 0 Å². The van der Waals surface area contributed by atoms with Gasteiger partial charge in [-0.2, -0.15) is 4.31 Å². The number of benzene rings is 1. The van der Waals surface area contributed by atoms with Crippen LogP contribution in [0, 0.1) is 0 Å². The smallest absolute Gasteiger partial charge is 0.276 e. The van der Waals surface area contributed by atoms with E-state index in [9.17, 15) is 13.2 Å². The molecule has 164 valence electrons. The number of aromatic amines is 1. The van der Waals surface area contributed by atoms with Crippen LogP contribution in [-0.4, -0.2) is 72.7 Å². The zero-order valence-corrected chi connectivity index (χ0v) is 18.1. The average molecular weight is 443 g/mol. The van der Waals surface area contributed by atoms with Gasteiger partial charge in [0.05, 0.1) is 6.54 Å². The maximum Gasteiger partial charge on any atom is 0.276 e. The lowest BCUT2D eigenvalue weighted by Crippen LogP contribution is -2.48. The van der Waals surface area contributed by atoms with E-state index in [4.69, 9.17) is 4.42 Å². The number of sulfonamides is 1. The third-order valence-electron chi connectivity index (χ3n) is 6.10. The van der Waals surface area contributed by atoms with E-state index < -0.39 is 10.0 Å². The zero-order chi connectivity index (χ0) is 21.4. The molecular weight excluding hydrogens is 416 g/mol. The molecule has 1 aromatic carbocycles. The summed E-state index contributed by atoms with van der Waals surface area (Å²) in [5.41, 5.74) is 1.57. The Bertz CT molecular complexity index is 1150. The van der Waals surface area contributed by atoms with Gasteiger partial charge in [-0.3, -0.25) is 9.69 Å². The largest absolute Gasteiger partial charge is 0.447 e. The Morgan fingerprint density at radius 2 is 1.71 bits per heavy atom. The number of carbonyl (C=O) groups is 1. The normalized spacial score (nSPS) is 18.8. The predicted octanol–water partition coefficient (Wildman–Crippen LogP) is 2.50. The van der Waals surface area contributed by atoms with E-state index in [1.807, 2.05) is 35.2 Å². The number of furan rings is 1. The topological polar surface area (TPSA) is 89.9 Å². The second kappa shape index (κ2) is 8.14. The Kier molecular flexibility index (Phi) is 5.33. The Labute approximate surface area is 181 Å². The minimum atomic E-state index is -3.53. The van der Waals surface area contributed by atoms with Crippen LogP contribution >= 0.6 is 0 Å². The molecule has 0 spiro atoms. The minimum absolute atomic E-state index is 0.00726. The van der Waals surface area contributed by atoms with Crippen molar-refractivity contribution in [1.82, 2.24) is 19.1 Å². The van der Waals surface area contributed by atoms with Crippen LogP contribution in [-0.2, 0) is 16.6 Å². The molecule has 2 saturated heterocycles. The summed E-state index contributed by atoms with van der Waals surface area (Å²) in [5.74, 6) is 0.640. The number of hydrogen-bond donors (Lipinski definition) is 1. The predicted molar refractivity (Wildman–Crippen MR) is 116 cm³/mol. The van der Waals surface area contributed by atoms with Gasteiger partial charge in [0.25, 0.3) is 15.9 Å². The maximum absolute atomic E-state index is 12.9. The SMILES string of the molecule is O=C(c1cc2ccccc2[nH]1)N1CCN(Cc2ccc(S(=O)(=O)N3CCCC3)o2)CC1. The Balaban J connectivity index is 1.18. The molecule has 5 rings (SSSR count). The van der Waals surface area contributed by atoms with Gasteiger partial charge in [-0.1, -0.05) is 18.2 Å². The molecule has 3 aromatic rings. The molecule has 8 nitrogen and oxygen atoms in total. The number of carbonyl (C=O) groups excluding carboxylic acids is 1. The second-order valence-corrected chi connectivity index (χ2v) is 10.0. The van der Waals surface area contributed by atoms with Crippen molar-refractivity contribution in [1.29, 1.82) is 0 Å². The highest BCUT2D eigenvalue weighted by Gasteiger charge is 2.30. The highest BCUT2D eigenvalue weighted by atomic mass is 32.2. The molecule has 0 atom stereocenters. The Morgan fingerprint density at radius 3 is 2.45 bits per heavy atom. The van der Waals surface area contributed by atoms with Crippen molar-refractivity contribution in [2.75, 3.05) is 39.3 Å². The summed E-state index contributed by atoms with van der Waals surface area (Å²) in [6.07, 6.45) is 1.79. The number of amides is 1. The summed E-state index contributed by atoms with van der Waals surface area (Å²) in [5, 5.41) is 1.05. The van der Waals surface area contributed by atoms with E-state index in [1.54, 1.807) is 12.1 Å². The number of H-pyrrole nitrogens is 1. The summed E-state index contributed by atoms with van der Waals surface area (Å²) in [6, 6.07) is 13.1. The van der Waals surface area contributed by atoms with Crippen molar-refractivity contribution in [3.63, 3.8) is 0 Å². The van der Waals surface area contributed by atoms with E-state index in [0.29, 0.717) is 57.3 Å². The molecule has 4 heterocycles. The number of fused-ring (bicyclic) bond motifs is 1. The lowest BCUT2D eigenvalue weighted by molar-refractivity contribution is 0.0613. The summed E-state index contributed by atoms with van der Waals surface area (Å²) >= 11 is 0. The molecule has 31 heavy (non-hydrogen) atoms. The summed E-state index contributed by atoms with van der Waals surface area (Å²) in [6.45, 7) is 4.31. The Hall–Kier alpha value is -2.62. The average Bonchev–Trinajstić information content (AvgIpc) is 3.54. The lowest BCUT2D eigenvalue weighted by Gasteiger charge is -2.34. The van der Waals surface area contributed by atoms with Crippen molar-refractivity contribution >= 4 is 26.8 Å². The molecule has 9 heteroatoms. The third-order valence-corrected chi connectivity index (χ3v) is 7.87. The molecule has 0 radical (unpaired) electrons. The highest BCUT2D eigenvalue weighted by Crippen LogP contribution is 2.24. The summed E-state index contributed by atoms with van der Waals surface area (Å²) in [7, 11) is -3.53. The van der Waals surface area contributed by atoms with Gasteiger partial charge in [0, 0.05) is 50.2 Å². The molecular formula is C22H26N4O4S. The zero-order valence-electron chi connectivity index (χ0n) is 17.3. The van der Waals surface area contributed by atoms with Crippen molar-refractivity contribution in [2.45, 2.75) is 24.5 Å². The molecule has 2 aromatic heterocycles.